The molecule has 2 amide bonds. The normalized spacial score (nSPS) is 22.1. The lowest BCUT2D eigenvalue weighted by molar-refractivity contribution is -0.125. The highest BCUT2D eigenvalue weighted by Gasteiger charge is 2.44. The number of nitrogens with one attached hydrogen (secondary N) is 2. The van der Waals surface area contributed by atoms with Gasteiger partial charge in [-0.1, -0.05) is 37.7 Å². The second kappa shape index (κ2) is 8.46. The van der Waals surface area contributed by atoms with E-state index in [1.807, 2.05) is 24.3 Å². The summed E-state index contributed by atoms with van der Waals surface area (Å²) in [4.78, 5) is 24.4. The van der Waals surface area contributed by atoms with Crippen molar-refractivity contribution in [2.24, 2.45) is 11.3 Å². The fourth-order valence-electron chi connectivity index (χ4n) is 3.11. The average Bonchev–Trinajstić information content (AvgIpc) is 2.70. The molecule has 2 atom stereocenters. The molecule has 0 aliphatic carbocycles. The summed E-state index contributed by atoms with van der Waals surface area (Å²) in [6.07, 6.45) is -0.308. The minimum Gasteiger partial charge on any atom is -0.486 e. The van der Waals surface area contributed by atoms with Gasteiger partial charge in [-0.2, -0.15) is 10.5 Å². The highest BCUT2D eigenvalue weighted by atomic mass is 32.2. The maximum absolute atomic E-state index is 12.2. The Kier molecular flexibility index (Phi) is 6.00. The lowest BCUT2D eigenvalue weighted by Crippen LogP contribution is -2.45. The summed E-state index contributed by atoms with van der Waals surface area (Å²) in [6, 6.07) is 11.3. The van der Waals surface area contributed by atoms with Crippen LogP contribution in [0.2, 0.25) is 0 Å². The van der Waals surface area contributed by atoms with Gasteiger partial charge in [0.25, 0.3) is 0 Å². The molecule has 0 saturated carbocycles. The Bertz CT molecular complexity index is 945. The minimum absolute atomic E-state index is 0.0122. The summed E-state index contributed by atoms with van der Waals surface area (Å²) in [5, 5.41) is 24.4. The maximum atomic E-state index is 12.2. The van der Waals surface area contributed by atoms with E-state index in [-0.39, 0.29) is 24.3 Å². The Morgan fingerprint density at radius 1 is 1.34 bits per heavy atom. The topological polar surface area (TPSA) is 124 Å². The summed E-state index contributed by atoms with van der Waals surface area (Å²) in [7, 11) is 0. The van der Waals surface area contributed by atoms with Gasteiger partial charge in [-0.3, -0.25) is 9.59 Å². The van der Waals surface area contributed by atoms with Crippen LogP contribution in [0.3, 0.4) is 0 Å². The number of nitriles is 2. The van der Waals surface area contributed by atoms with Crippen molar-refractivity contribution >= 4 is 23.6 Å². The van der Waals surface area contributed by atoms with Crippen LogP contribution in [0.25, 0.3) is 0 Å². The van der Waals surface area contributed by atoms with Gasteiger partial charge in [0, 0.05) is 5.41 Å². The fourth-order valence-corrected chi connectivity index (χ4v) is 4.12. The van der Waals surface area contributed by atoms with Gasteiger partial charge in [0.15, 0.2) is 11.5 Å². The summed E-state index contributed by atoms with van der Waals surface area (Å²) < 4.78 is 11.4. The third-order valence-electron chi connectivity index (χ3n) is 4.77. The van der Waals surface area contributed by atoms with E-state index < -0.39 is 17.2 Å². The van der Waals surface area contributed by atoms with Crippen LogP contribution in [-0.4, -0.2) is 36.8 Å². The zero-order valence-corrected chi connectivity index (χ0v) is 16.8. The lowest BCUT2D eigenvalue weighted by atomic mass is 9.72. The van der Waals surface area contributed by atoms with E-state index in [1.54, 1.807) is 19.9 Å². The average molecular weight is 412 g/mol. The van der Waals surface area contributed by atoms with Gasteiger partial charge < -0.3 is 20.1 Å². The SMILES string of the molecule is CC1(C)C(C#N)=C(SCC(=O)NC[C@H]2COc3ccccc3O2)NC(=O)[C@H]1C#N. The smallest absolute Gasteiger partial charge is 0.243 e. The molecular weight excluding hydrogens is 392 g/mol. The first-order valence-corrected chi connectivity index (χ1v) is 9.98. The van der Waals surface area contributed by atoms with Crippen LogP contribution in [0.1, 0.15) is 13.8 Å². The minimum atomic E-state index is -0.957. The van der Waals surface area contributed by atoms with Crippen LogP contribution in [0, 0.1) is 34.0 Å². The molecule has 0 bridgehead atoms. The molecule has 9 heteroatoms. The van der Waals surface area contributed by atoms with Crippen molar-refractivity contribution in [2.45, 2.75) is 20.0 Å². The van der Waals surface area contributed by atoms with Crippen molar-refractivity contribution in [3.05, 3.63) is 34.9 Å². The van der Waals surface area contributed by atoms with E-state index >= 15 is 0 Å². The molecule has 29 heavy (non-hydrogen) atoms. The number of ether oxygens (including phenoxy) is 2. The first kappa shape index (κ1) is 20.6. The van der Waals surface area contributed by atoms with E-state index in [4.69, 9.17) is 9.47 Å². The number of thioether (sulfide) groups is 1. The number of hydrogen-bond donors (Lipinski definition) is 2. The van der Waals surface area contributed by atoms with Crippen molar-refractivity contribution in [1.82, 2.24) is 10.6 Å². The van der Waals surface area contributed by atoms with E-state index in [0.29, 0.717) is 28.7 Å². The Hall–Kier alpha value is -3.17. The molecular formula is C20H20N4O4S. The largest absolute Gasteiger partial charge is 0.486 e. The molecule has 1 aromatic rings. The maximum Gasteiger partial charge on any atom is 0.243 e. The third kappa shape index (κ3) is 4.30. The number of amides is 2. The highest BCUT2D eigenvalue weighted by Crippen LogP contribution is 2.41. The first-order valence-electron chi connectivity index (χ1n) is 9.00. The van der Waals surface area contributed by atoms with E-state index in [1.165, 1.54) is 0 Å². The summed E-state index contributed by atoms with van der Waals surface area (Å²) in [5.74, 6) is -0.370. The summed E-state index contributed by atoms with van der Waals surface area (Å²) in [5.41, 5.74) is -0.632. The second-order valence-electron chi connectivity index (χ2n) is 7.18. The van der Waals surface area contributed by atoms with Crippen LogP contribution in [0.4, 0.5) is 0 Å². The summed E-state index contributed by atoms with van der Waals surface area (Å²) >= 11 is 1.06. The van der Waals surface area contributed by atoms with Crippen LogP contribution in [0.15, 0.2) is 34.9 Å². The van der Waals surface area contributed by atoms with Crippen LogP contribution < -0.4 is 20.1 Å². The molecule has 2 N–H and O–H groups in total. The van der Waals surface area contributed by atoms with Crippen molar-refractivity contribution in [3.63, 3.8) is 0 Å². The van der Waals surface area contributed by atoms with Crippen molar-refractivity contribution in [2.75, 3.05) is 18.9 Å². The van der Waals surface area contributed by atoms with Crippen LogP contribution in [-0.2, 0) is 9.59 Å². The Labute approximate surface area is 172 Å². The van der Waals surface area contributed by atoms with Crippen LogP contribution >= 0.6 is 11.8 Å². The zero-order chi connectivity index (χ0) is 21.0. The number of rotatable bonds is 5. The first-order chi connectivity index (χ1) is 13.9. The molecule has 0 unspecified atom stereocenters. The van der Waals surface area contributed by atoms with Crippen molar-refractivity contribution in [1.29, 1.82) is 10.5 Å². The Balaban J connectivity index is 1.55. The molecule has 1 aromatic carbocycles. The third-order valence-corrected chi connectivity index (χ3v) is 5.78. The number of fused-ring (bicyclic) bond motifs is 1. The molecule has 2 aliphatic rings. The predicted octanol–water partition coefficient (Wildman–Crippen LogP) is 1.71. The summed E-state index contributed by atoms with van der Waals surface area (Å²) in [6.45, 7) is 3.95. The molecule has 0 spiro atoms. The molecule has 2 aliphatic heterocycles. The second-order valence-corrected chi connectivity index (χ2v) is 8.16. The van der Waals surface area contributed by atoms with Gasteiger partial charge in [-0.05, 0) is 12.1 Å². The number of carbonyl (C=O) groups excluding carboxylic acids is 2. The molecule has 0 saturated heterocycles. The predicted molar refractivity (Wildman–Crippen MR) is 105 cm³/mol. The molecule has 3 rings (SSSR count). The van der Waals surface area contributed by atoms with Crippen molar-refractivity contribution < 1.29 is 19.1 Å². The fraction of sp³-hybridized carbons (Fsp3) is 0.400. The molecule has 150 valence electrons. The van der Waals surface area contributed by atoms with Crippen LogP contribution in [0.5, 0.6) is 11.5 Å². The quantitative estimate of drug-likeness (QED) is 0.754. The van der Waals surface area contributed by atoms with Gasteiger partial charge in [-0.25, -0.2) is 0 Å². The zero-order valence-electron chi connectivity index (χ0n) is 16.0. The van der Waals surface area contributed by atoms with E-state index in [0.717, 1.165) is 11.8 Å². The molecule has 0 fully saturated rings. The number of hydrogen-bond acceptors (Lipinski definition) is 7. The molecule has 2 heterocycles. The standard InChI is InChI=1S/C20H20N4O4S/c1-20(2)13(7-21)18(26)24-19(14(20)8-22)29-11-17(25)23-9-12-10-27-15-5-3-4-6-16(15)28-12/h3-6,12-13H,9-11H2,1-2H3,(H,23,25)(H,24,26)/t12-,13+/m0/s1. The van der Waals surface area contributed by atoms with E-state index in [2.05, 4.69) is 16.7 Å². The number of carbonyl (C=O) groups is 2. The van der Waals surface area contributed by atoms with Crippen molar-refractivity contribution in [3.8, 4) is 23.6 Å². The molecule has 0 aromatic heterocycles. The monoisotopic (exact) mass is 412 g/mol. The molecule has 0 radical (unpaired) electrons. The Morgan fingerprint density at radius 3 is 2.76 bits per heavy atom. The molecule has 8 nitrogen and oxygen atoms in total. The number of nitrogens with zero attached hydrogens (tertiary/aromatic N) is 2. The Morgan fingerprint density at radius 2 is 2.07 bits per heavy atom. The van der Waals surface area contributed by atoms with Gasteiger partial charge in [0.2, 0.25) is 11.8 Å². The van der Waals surface area contributed by atoms with Gasteiger partial charge >= 0.3 is 0 Å². The van der Waals surface area contributed by atoms with Gasteiger partial charge in [0.1, 0.15) is 18.6 Å². The van der Waals surface area contributed by atoms with Gasteiger partial charge in [0.05, 0.1) is 35.0 Å². The number of benzene rings is 1. The van der Waals surface area contributed by atoms with E-state index in [9.17, 15) is 20.1 Å². The highest BCUT2D eigenvalue weighted by molar-refractivity contribution is 8.03. The number of allylic oxidation sites excluding steroid dienone is 1. The van der Waals surface area contributed by atoms with Gasteiger partial charge in [-0.15, -0.1) is 0 Å². The lowest BCUT2D eigenvalue weighted by Gasteiger charge is -2.34. The number of para-hydroxylation sites is 2.